The van der Waals surface area contributed by atoms with Crippen molar-refractivity contribution in [3.8, 4) is 0 Å². The molecule has 5 nitrogen and oxygen atoms in total. The van der Waals surface area contributed by atoms with Crippen molar-refractivity contribution in [2.45, 2.75) is 58.1 Å². The fourth-order valence-corrected chi connectivity index (χ4v) is 2.42. The molecular weight excluding hydrogens is 258 g/mol. The molecule has 0 aromatic carbocycles. The Bertz CT molecular complexity index is 288. The number of hydrogen-bond acceptors (Lipinski definition) is 5. The van der Waals surface area contributed by atoms with Gasteiger partial charge in [0.25, 0.3) is 0 Å². The molecule has 0 unspecified atom stereocenters. The maximum Gasteiger partial charge on any atom is 0.308 e. The summed E-state index contributed by atoms with van der Waals surface area (Å²) in [6, 6.07) is 0.330. The number of likely N-dealkylation sites (tertiary alicyclic amines) is 1. The van der Waals surface area contributed by atoms with E-state index in [1.807, 2.05) is 20.8 Å². The van der Waals surface area contributed by atoms with Gasteiger partial charge in [0.2, 0.25) is 0 Å². The highest BCUT2D eigenvalue weighted by atomic mass is 16.6. The van der Waals surface area contributed by atoms with Gasteiger partial charge in [-0.1, -0.05) is 0 Å². The van der Waals surface area contributed by atoms with Crippen molar-refractivity contribution in [2.24, 2.45) is 0 Å². The summed E-state index contributed by atoms with van der Waals surface area (Å²) < 4.78 is 10.7. The van der Waals surface area contributed by atoms with E-state index in [1.165, 1.54) is 6.42 Å². The smallest absolute Gasteiger partial charge is 0.308 e. The van der Waals surface area contributed by atoms with E-state index >= 15 is 0 Å². The Morgan fingerprint density at radius 1 is 1.35 bits per heavy atom. The molecule has 0 spiro atoms. The van der Waals surface area contributed by atoms with E-state index in [0.29, 0.717) is 25.7 Å². The molecule has 1 rings (SSSR count). The highest BCUT2D eigenvalue weighted by Gasteiger charge is 2.22. The van der Waals surface area contributed by atoms with Crippen LogP contribution in [0.25, 0.3) is 0 Å². The van der Waals surface area contributed by atoms with E-state index in [-0.39, 0.29) is 12.6 Å². The first-order valence-corrected chi connectivity index (χ1v) is 7.57. The Balaban J connectivity index is 1.98. The predicted octanol–water partition coefficient (Wildman–Crippen LogP) is 1.58. The fourth-order valence-electron chi connectivity index (χ4n) is 2.42. The summed E-state index contributed by atoms with van der Waals surface area (Å²) in [6.45, 7) is 8.92. The Kier molecular flexibility index (Phi) is 7.48. The maximum atomic E-state index is 11.4. The molecule has 1 saturated heterocycles. The van der Waals surface area contributed by atoms with Gasteiger partial charge in [-0.3, -0.25) is 9.69 Å². The Hall–Kier alpha value is -0.650. The maximum absolute atomic E-state index is 11.4. The molecule has 0 radical (unpaired) electrons. The van der Waals surface area contributed by atoms with Crippen LogP contribution >= 0.6 is 0 Å². The van der Waals surface area contributed by atoms with Gasteiger partial charge in [-0.15, -0.1) is 0 Å². The number of esters is 1. The number of carbonyl (C=O) groups excluding carboxylic acids is 1. The van der Waals surface area contributed by atoms with Gasteiger partial charge >= 0.3 is 5.97 Å². The fraction of sp³-hybridized carbons (Fsp3) is 0.933. The lowest BCUT2D eigenvalue weighted by atomic mass is 10.2. The van der Waals surface area contributed by atoms with Gasteiger partial charge in [0.15, 0.2) is 0 Å². The van der Waals surface area contributed by atoms with Crippen LogP contribution in [0.3, 0.4) is 0 Å². The number of rotatable bonds is 8. The third kappa shape index (κ3) is 7.22. The minimum absolute atomic E-state index is 0.211. The van der Waals surface area contributed by atoms with Crippen molar-refractivity contribution in [1.29, 1.82) is 0 Å². The Labute approximate surface area is 122 Å². The molecule has 1 atom stereocenters. The van der Waals surface area contributed by atoms with Crippen molar-refractivity contribution >= 4 is 5.97 Å². The van der Waals surface area contributed by atoms with Gasteiger partial charge in [0.1, 0.15) is 5.60 Å². The molecular formula is C15H29NO4. The van der Waals surface area contributed by atoms with Crippen LogP contribution in [0.1, 0.15) is 46.5 Å². The first-order chi connectivity index (χ1) is 9.42. The largest absolute Gasteiger partial charge is 0.460 e. The summed E-state index contributed by atoms with van der Waals surface area (Å²) >= 11 is 0. The Morgan fingerprint density at radius 2 is 2.10 bits per heavy atom. The van der Waals surface area contributed by atoms with Crippen LogP contribution < -0.4 is 0 Å². The number of aliphatic hydroxyl groups is 1. The van der Waals surface area contributed by atoms with Crippen LogP contribution in [0.4, 0.5) is 0 Å². The van der Waals surface area contributed by atoms with E-state index in [2.05, 4.69) is 4.90 Å². The summed E-state index contributed by atoms with van der Waals surface area (Å²) in [5.41, 5.74) is -0.424. The zero-order valence-electron chi connectivity index (χ0n) is 13.1. The van der Waals surface area contributed by atoms with Crippen molar-refractivity contribution in [3.05, 3.63) is 0 Å². The lowest BCUT2D eigenvalue weighted by Gasteiger charge is -2.22. The average molecular weight is 287 g/mol. The average Bonchev–Trinajstić information content (AvgIpc) is 2.78. The van der Waals surface area contributed by atoms with E-state index in [0.717, 1.165) is 25.9 Å². The lowest BCUT2D eigenvalue weighted by Crippen LogP contribution is -2.33. The van der Waals surface area contributed by atoms with Crippen LogP contribution in [0.5, 0.6) is 0 Å². The van der Waals surface area contributed by atoms with Gasteiger partial charge in [0, 0.05) is 19.2 Å². The molecule has 0 saturated carbocycles. The molecule has 1 aliphatic heterocycles. The van der Waals surface area contributed by atoms with Gasteiger partial charge in [-0.05, 0) is 46.6 Å². The molecule has 1 fully saturated rings. The van der Waals surface area contributed by atoms with Gasteiger partial charge in [-0.2, -0.15) is 0 Å². The molecule has 20 heavy (non-hydrogen) atoms. The highest BCUT2D eigenvalue weighted by Crippen LogP contribution is 2.16. The number of hydrogen-bond donors (Lipinski definition) is 1. The van der Waals surface area contributed by atoms with E-state index in [1.54, 1.807) is 0 Å². The molecule has 0 aromatic rings. The zero-order chi connectivity index (χ0) is 15.0. The highest BCUT2D eigenvalue weighted by molar-refractivity contribution is 5.69. The van der Waals surface area contributed by atoms with Gasteiger partial charge in [0.05, 0.1) is 19.6 Å². The van der Waals surface area contributed by atoms with E-state index in [4.69, 9.17) is 9.47 Å². The quantitative estimate of drug-likeness (QED) is 0.542. The minimum atomic E-state index is -0.424. The second-order valence-corrected chi connectivity index (χ2v) is 6.32. The van der Waals surface area contributed by atoms with Crippen molar-refractivity contribution in [3.63, 3.8) is 0 Å². The second kappa shape index (κ2) is 8.60. The minimum Gasteiger partial charge on any atom is -0.460 e. The molecule has 0 amide bonds. The molecule has 1 aliphatic rings. The van der Waals surface area contributed by atoms with E-state index in [9.17, 15) is 9.90 Å². The second-order valence-electron chi connectivity index (χ2n) is 6.32. The summed E-state index contributed by atoms with van der Waals surface area (Å²) in [4.78, 5) is 13.8. The molecule has 118 valence electrons. The molecule has 0 bridgehead atoms. The van der Waals surface area contributed by atoms with Crippen LogP contribution in [-0.4, -0.2) is 60.5 Å². The molecule has 5 heteroatoms. The topological polar surface area (TPSA) is 59.0 Å². The third-order valence-electron chi connectivity index (χ3n) is 3.31. The number of ether oxygens (including phenoxy) is 2. The van der Waals surface area contributed by atoms with Crippen LogP contribution in [0.15, 0.2) is 0 Å². The standard InChI is InChI=1S/C15H29NO4/c1-15(2,3)20-14(18)7-11-19-10-5-9-16-8-4-6-13(16)12-17/h13,17H,4-12H2,1-3H3/t13-/m1/s1. The number of aliphatic hydroxyl groups excluding tert-OH is 1. The van der Waals surface area contributed by atoms with Crippen LogP contribution in [-0.2, 0) is 14.3 Å². The molecule has 1 heterocycles. The zero-order valence-corrected chi connectivity index (χ0v) is 13.1. The van der Waals surface area contributed by atoms with Crippen molar-refractivity contribution in [2.75, 3.05) is 32.9 Å². The molecule has 0 aliphatic carbocycles. The van der Waals surface area contributed by atoms with E-state index < -0.39 is 5.60 Å². The Morgan fingerprint density at radius 3 is 2.75 bits per heavy atom. The molecule has 1 N–H and O–H groups in total. The predicted molar refractivity (Wildman–Crippen MR) is 77.6 cm³/mol. The van der Waals surface area contributed by atoms with Gasteiger partial charge < -0.3 is 14.6 Å². The third-order valence-corrected chi connectivity index (χ3v) is 3.31. The molecule has 0 aromatic heterocycles. The summed E-state index contributed by atoms with van der Waals surface area (Å²) in [6.07, 6.45) is 3.51. The summed E-state index contributed by atoms with van der Waals surface area (Å²) in [7, 11) is 0. The van der Waals surface area contributed by atoms with Gasteiger partial charge in [-0.25, -0.2) is 0 Å². The SMILES string of the molecule is CC(C)(C)OC(=O)CCOCCCN1CCC[C@@H]1CO. The van der Waals surface area contributed by atoms with Crippen molar-refractivity contribution < 1.29 is 19.4 Å². The van der Waals surface area contributed by atoms with Crippen LogP contribution in [0, 0.1) is 0 Å². The van der Waals surface area contributed by atoms with Crippen molar-refractivity contribution in [1.82, 2.24) is 4.90 Å². The summed E-state index contributed by atoms with van der Waals surface area (Å²) in [5, 5.41) is 9.21. The number of carbonyl (C=O) groups is 1. The van der Waals surface area contributed by atoms with Crippen LogP contribution in [0.2, 0.25) is 0 Å². The number of nitrogens with zero attached hydrogens (tertiary/aromatic N) is 1. The monoisotopic (exact) mass is 287 g/mol. The normalized spacial score (nSPS) is 20.3. The summed E-state index contributed by atoms with van der Waals surface area (Å²) in [5.74, 6) is -0.211. The first-order valence-electron chi connectivity index (χ1n) is 7.57. The lowest BCUT2D eigenvalue weighted by molar-refractivity contribution is -0.156. The first kappa shape index (κ1) is 17.4.